The first-order valence-electron chi connectivity index (χ1n) is 11.3. The zero-order chi connectivity index (χ0) is 20.6. The van der Waals surface area contributed by atoms with Crippen LogP contribution >= 0.6 is 0 Å². The zero-order valence-electron chi connectivity index (χ0n) is 17.4. The van der Waals surface area contributed by atoms with Crippen molar-refractivity contribution in [3.63, 3.8) is 0 Å². The maximum Gasteiger partial charge on any atom is 0.312 e. The first kappa shape index (κ1) is 19.5. The number of likely N-dealkylation sites (tertiary alicyclic amines) is 2. The smallest absolute Gasteiger partial charge is 0.312 e. The highest BCUT2D eigenvalue weighted by atomic mass is 16.6. The maximum atomic E-state index is 12.7. The molecule has 3 aliphatic heterocycles. The molecule has 3 aliphatic rings. The van der Waals surface area contributed by atoms with Gasteiger partial charge in [0.15, 0.2) is 0 Å². The summed E-state index contributed by atoms with van der Waals surface area (Å²) in [4.78, 5) is 37.5. The largest absolute Gasteiger partial charge is 0.461 e. The van der Waals surface area contributed by atoms with Crippen molar-refractivity contribution in [3.05, 3.63) is 30.1 Å². The highest BCUT2D eigenvalue weighted by Gasteiger charge is 2.51. The van der Waals surface area contributed by atoms with E-state index in [2.05, 4.69) is 14.9 Å². The van der Waals surface area contributed by atoms with Crippen LogP contribution in [0, 0.1) is 5.41 Å². The van der Waals surface area contributed by atoms with Crippen LogP contribution in [0.3, 0.4) is 0 Å². The van der Waals surface area contributed by atoms with Gasteiger partial charge in [-0.25, -0.2) is 4.98 Å². The Morgan fingerprint density at radius 1 is 1.17 bits per heavy atom. The molecule has 0 bridgehead atoms. The van der Waals surface area contributed by atoms with Gasteiger partial charge in [-0.3, -0.25) is 14.5 Å². The van der Waals surface area contributed by atoms with Gasteiger partial charge in [0.25, 0.3) is 0 Å². The number of nitrogens with zero attached hydrogens (tertiary/aromatic N) is 3. The van der Waals surface area contributed by atoms with Gasteiger partial charge in [-0.2, -0.15) is 0 Å². The third kappa shape index (κ3) is 3.83. The number of hydrogen-bond acceptors (Lipinski definition) is 5. The number of piperidine rings is 1. The van der Waals surface area contributed by atoms with E-state index in [1.54, 1.807) is 0 Å². The number of aromatic amines is 1. The molecule has 1 amide bonds. The van der Waals surface area contributed by atoms with Gasteiger partial charge in [0.05, 0.1) is 16.4 Å². The molecule has 0 aliphatic carbocycles. The molecule has 160 valence electrons. The van der Waals surface area contributed by atoms with Gasteiger partial charge in [0.2, 0.25) is 5.91 Å². The molecule has 4 heterocycles. The Hall–Kier alpha value is -2.41. The van der Waals surface area contributed by atoms with Crippen LogP contribution in [-0.2, 0) is 20.7 Å². The van der Waals surface area contributed by atoms with Crippen molar-refractivity contribution in [3.8, 4) is 0 Å². The minimum absolute atomic E-state index is 0.0194. The molecule has 5 rings (SSSR count). The van der Waals surface area contributed by atoms with Crippen molar-refractivity contribution in [1.29, 1.82) is 0 Å². The number of ether oxygens (including phenoxy) is 1. The summed E-state index contributed by atoms with van der Waals surface area (Å²) in [5, 5.41) is 0. The van der Waals surface area contributed by atoms with Gasteiger partial charge in [-0.05, 0) is 50.9 Å². The molecular weight excluding hydrogens is 380 g/mol. The van der Waals surface area contributed by atoms with Gasteiger partial charge >= 0.3 is 5.97 Å². The van der Waals surface area contributed by atoms with Gasteiger partial charge in [-0.15, -0.1) is 0 Å². The van der Waals surface area contributed by atoms with Crippen LogP contribution in [0.4, 0.5) is 0 Å². The summed E-state index contributed by atoms with van der Waals surface area (Å²) < 4.78 is 5.75. The van der Waals surface area contributed by atoms with Crippen LogP contribution in [0.25, 0.3) is 11.0 Å². The van der Waals surface area contributed by atoms with Crippen molar-refractivity contribution in [1.82, 2.24) is 19.8 Å². The summed E-state index contributed by atoms with van der Waals surface area (Å²) in [7, 11) is 0. The predicted molar refractivity (Wildman–Crippen MR) is 113 cm³/mol. The van der Waals surface area contributed by atoms with Crippen LogP contribution < -0.4 is 0 Å². The van der Waals surface area contributed by atoms with Crippen LogP contribution in [0.15, 0.2) is 24.3 Å². The summed E-state index contributed by atoms with van der Waals surface area (Å²) in [5.41, 5.74) is 1.56. The fourth-order valence-corrected chi connectivity index (χ4v) is 5.29. The number of aryl methyl sites for hydroxylation is 1. The van der Waals surface area contributed by atoms with E-state index in [0.29, 0.717) is 25.9 Å². The number of fused-ring (bicyclic) bond motifs is 1. The number of amides is 1. The lowest BCUT2D eigenvalue weighted by Crippen LogP contribution is -2.45. The number of aromatic nitrogens is 2. The second-order valence-electron chi connectivity index (χ2n) is 9.10. The molecule has 3 fully saturated rings. The van der Waals surface area contributed by atoms with E-state index in [0.717, 1.165) is 55.8 Å². The molecule has 3 saturated heterocycles. The number of imidazole rings is 1. The maximum absolute atomic E-state index is 12.7. The third-order valence-corrected chi connectivity index (χ3v) is 7.07. The Morgan fingerprint density at radius 2 is 1.93 bits per heavy atom. The Bertz CT molecular complexity index is 892. The first-order chi connectivity index (χ1) is 14.6. The van der Waals surface area contributed by atoms with Crippen molar-refractivity contribution in [2.75, 3.05) is 32.7 Å². The Kier molecular flexibility index (Phi) is 5.23. The quantitative estimate of drug-likeness (QED) is 0.767. The number of rotatable bonds is 5. The van der Waals surface area contributed by atoms with Gasteiger partial charge in [0, 0.05) is 38.9 Å². The van der Waals surface area contributed by atoms with Crippen LogP contribution in [0.5, 0.6) is 0 Å². The molecule has 1 unspecified atom stereocenters. The second-order valence-corrected chi connectivity index (χ2v) is 9.10. The van der Waals surface area contributed by atoms with Crippen LogP contribution in [0.1, 0.15) is 44.3 Å². The molecule has 1 aromatic carbocycles. The van der Waals surface area contributed by atoms with E-state index in [-0.39, 0.29) is 23.4 Å². The number of hydrogen-bond donors (Lipinski definition) is 1. The normalized spacial score (nSPS) is 24.1. The minimum atomic E-state index is -0.375. The topological polar surface area (TPSA) is 78.5 Å². The molecule has 7 nitrogen and oxygen atoms in total. The van der Waals surface area contributed by atoms with Crippen LogP contribution in [0.2, 0.25) is 0 Å². The fraction of sp³-hybridized carbons (Fsp3) is 0.609. The lowest BCUT2D eigenvalue weighted by atomic mass is 9.76. The average Bonchev–Trinajstić information content (AvgIpc) is 3.47. The second kappa shape index (κ2) is 8.02. The molecule has 1 N–H and O–H groups in total. The Labute approximate surface area is 176 Å². The monoisotopic (exact) mass is 410 g/mol. The first-order valence-corrected chi connectivity index (χ1v) is 11.3. The molecule has 1 atom stereocenters. The summed E-state index contributed by atoms with van der Waals surface area (Å²) in [6.07, 6.45) is 5.81. The van der Waals surface area contributed by atoms with Gasteiger partial charge < -0.3 is 14.6 Å². The Morgan fingerprint density at radius 3 is 2.70 bits per heavy atom. The molecule has 7 heteroatoms. The number of carbonyl (C=O) groups excluding carboxylic acids is 2. The van der Waals surface area contributed by atoms with Gasteiger partial charge in [-0.1, -0.05) is 12.1 Å². The summed E-state index contributed by atoms with van der Waals surface area (Å²) in [6, 6.07) is 7.91. The predicted octanol–water partition coefficient (Wildman–Crippen LogP) is 2.52. The molecule has 1 aromatic heterocycles. The summed E-state index contributed by atoms with van der Waals surface area (Å²) in [6.45, 7) is 4.39. The van der Waals surface area contributed by atoms with Crippen molar-refractivity contribution < 1.29 is 14.3 Å². The summed E-state index contributed by atoms with van der Waals surface area (Å²) >= 11 is 0. The lowest BCUT2D eigenvalue weighted by Gasteiger charge is -2.36. The Balaban J connectivity index is 1.12. The molecule has 0 radical (unpaired) electrons. The molecule has 2 aromatic rings. The van der Waals surface area contributed by atoms with E-state index in [9.17, 15) is 9.59 Å². The van der Waals surface area contributed by atoms with Crippen molar-refractivity contribution in [2.45, 2.75) is 51.0 Å². The van der Waals surface area contributed by atoms with Crippen LogP contribution in [-0.4, -0.2) is 70.5 Å². The van der Waals surface area contributed by atoms with E-state index >= 15 is 0 Å². The minimum Gasteiger partial charge on any atom is -0.461 e. The number of nitrogens with one attached hydrogen (secondary N) is 1. The third-order valence-electron chi connectivity index (χ3n) is 7.07. The summed E-state index contributed by atoms with van der Waals surface area (Å²) in [5.74, 6) is 0.952. The SMILES string of the molecule is O=C(CCc1nc2ccccc2[nH]1)N1CCC2(CC1)CC(CN1CCCC1)OC2=O. The van der Waals surface area contributed by atoms with E-state index < -0.39 is 0 Å². The van der Waals surface area contributed by atoms with E-state index in [1.165, 1.54) is 12.8 Å². The number of H-pyrrole nitrogens is 1. The van der Waals surface area contributed by atoms with Crippen molar-refractivity contribution >= 4 is 22.9 Å². The number of cyclic esters (lactones) is 1. The molecule has 0 saturated carbocycles. The highest BCUT2D eigenvalue weighted by molar-refractivity contribution is 5.81. The average molecular weight is 411 g/mol. The van der Waals surface area contributed by atoms with Gasteiger partial charge in [0.1, 0.15) is 11.9 Å². The number of benzene rings is 1. The highest BCUT2D eigenvalue weighted by Crippen LogP contribution is 2.43. The lowest BCUT2D eigenvalue weighted by molar-refractivity contribution is -0.152. The molecular formula is C23H30N4O3. The number of para-hydroxylation sites is 2. The number of carbonyl (C=O) groups is 2. The van der Waals surface area contributed by atoms with E-state index in [4.69, 9.17) is 4.74 Å². The van der Waals surface area contributed by atoms with Crippen molar-refractivity contribution in [2.24, 2.45) is 5.41 Å². The number of esters is 1. The fourth-order valence-electron chi connectivity index (χ4n) is 5.29. The molecule has 1 spiro atoms. The zero-order valence-corrected chi connectivity index (χ0v) is 17.4. The molecule has 30 heavy (non-hydrogen) atoms. The standard InChI is InChI=1S/C23H30N4O3/c28-21(8-7-20-24-18-5-1-2-6-19(18)25-20)27-13-9-23(10-14-27)15-17(30-22(23)29)16-26-11-3-4-12-26/h1-2,5-6,17H,3-4,7-16H2,(H,24,25). The van der Waals surface area contributed by atoms with E-state index in [1.807, 2.05) is 29.2 Å².